The lowest BCUT2D eigenvalue weighted by Gasteiger charge is -2.10. The Morgan fingerprint density at radius 2 is 2.29 bits per heavy atom. The van der Waals surface area contributed by atoms with Gasteiger partial charge in [-0.25, -0.2) is 0 Å². The van der Waals surface area contributed by atoms with E-state index in [1.165, 1.54) is 4.88 Å². The zero-order valence-corrected chi connectivity index (χ0v) is 9.56. The zero-order chi connectivity index (χ0) is 10.6. The quantitative estimate of drug-likeness (QED) is 0.761. The van der Waals surface area contributed by atoms with Crippen molar-refractivity contribution in [2.45, 2.75) is 26.7 Å². The Morgan fingerprint density at radius 1 is 1.57 bits per heavy atom. The molecule has 1 heterocycles. The van der Waals surface area contributed by atoms with Crippen molar-refractivity contribution in [2.24, 2.45) is 11.7 Å². The van der Waals surface area contributed by atoms with Gasteiger partial charge in [0, 0.05) is 17.3 Å². The number of hydrogen-bond acceptors (Lipinski definition) is 3. The number of carbonyl (C=O) groups excluding carboxylic acids is 1. The number of rotatable bonds is 5. The third-order valence-electron chi connectivity index (χ3n) is 2.28. The molecule has 1 atom stereocenters. The van der Waals surface area contributed by atoms with Crippen LogP contribution in [0.25, 0.3) is 0 Å². The van der Waals surface area contributed by atoms with Crippen LogP contribution in [-0.4, -0.2) is 12.3 Å². The molecule has 78 valence electrons. The Balaban J connectivity index is 2.72. The van der Waals surface area contributed by atoms with Crippen LogP contribution < -0.4 is 5.73 Å². The molecule has 14 heavy (non-hydrogen) atoms. The standard InChI is InChI=1S/C11H17NOS/c1-3-4-9(7-12)11(13)10-6-5-8(2)14-10/h5-6,9H,3-4,7,12H2,1-2H3. The molecule has 0 aliphatic rings. The van der Waals surface area contributed by atoms with Crippen LogP contribution in [0.15, 0.2) is 12.1 Å². The first kappa shape index (κ1) is 11.4. The Bertz CT molecular complexity index is 306. The number of carbonyl (C=O) groups is 1. The molecule has 0 fully saturated rings. The number of ketones is 1. The molecule has 0 aliphatic heterocycles. The minimum absolute atomic E-state index is 0.0121. The maximum absolute atomic E-state index is 11.9. The second kappa shape index (κ2) is 5.27. The molecule has 0 saturated heterocycles. The minimum Gasteiger partial charge on any atom is -0.330 e. The molecule has 2 nitrogen and oxygen atoms in total. The van der Waals surface area contributed by atoms with Crippen LogP contribution in [0.4, 0.5) is 0 Å². The Labute approximate surface area is 89.1 Å². The highest BCUT2D eigenvalue weighted by molar-refractivity contribution is 7.14. The van der Waals surface area contributed by atoms with Gasteiger partial charge in [-0.3, -0.25) is 4.79 Å². The summed E-state index contributed by atoms with van der Waals surface area (Å²) < 4.78 is 0. The molecular weight excluding hydrogens is 194 g/mol. The molecule has 3 heteroatoms. The third kappa shape index (κ3) is 2.66. The summed E-state index contributed by atoms with van der Waals surface area (Å²) in [7, 11) is 0. The predicted molar refractivity (Wildman–Crippen MR) is 60.8 cm³/mol. The van der Waals surface area contributed by atoms with Crippen molar-refractivity contribution in [3.63, 3.8) is 0 Å². The van der Waals surface area contributed by atoms with E-state index in [0.717, 1.165) is 17.7 Å². The summed E-state index contributed by atoms with van der Waals surface area (Å²) in [5.74, 6) is 0.227. The summed E-state index contributed by atoms with van der Waals surface area (Å²) in [6.45, 7) is 4.55. The molecule has 2 N–H and O–H groups in total. The highest BCUT2D eigenvalue weighted by Gasteiger charge is 2.18. The number of aryl methyl sites for hydroxylation is 1. The highest BCUT2D eigenvalue weighted by Crippen LogP contribution is 2.20. The van der Waals surface area contributed by atoms with Gasteiger partial charge < -0.3 is 5.73 Å². The van der Waals surface area contributed by atoms with E-state index < -0.39 is 0 Å². The van der Waals surface area contributed by atoms with Crippen molar-refractivity contribution in [1.82, 2.24) is 0 Å². The van der Waals surface area contributed by atoms with Crippen LogP contribution in [0.2, 0.25) is 0 Å². The largest absolute Gasteiger partial charge is 0.330 e. The van der Waals surface area contributed by atoms with E-state index in [1.807, 2.05) is 19.1 Å². The maximum Gasteiger partial charge on any atom is 0.177 e. The van der Waals surface area contributed by atoms with E-state index in [4.69, 9.17) is 5.73 Å². The molecule has 0 bridgehead atoms. The Morgan fingerprint density at radius 3 is 2.71 bits per heavy atom. The highest BCUT2D eigenvalue weighted by atomic mass is 32.1. The van der Waals surface area contributed by atoms with Crippen LogP contribution in [0.5, 0.6) is 0 Å². The van der Waals surface area contributed by atoms with E-state index in [-0.39, 0.29) is 11.7 Å². The first-order valence-electron chi connectivity index (χ1n) is 4.99. The van der Waals surface area contributed by atoms with E-state index in [0.29, 0.717) is 6.54 Å². The average molecular weight is 211 g/mol. The number of thiophene rings is 1. The summed E-state index contributed by atoms with van der Waals surface area (Å²) in [5, 5.41) is 0. The molecule has 1 rings (SSSR count). The van der Waals surface area contributed by atoms with Gasteiger partial charge in [-0.05, 0) is 25.5 Å². The molecule has 0 radical (unpaired) electrons. The van der Waals surface area contributed by atoms with Crippen molar-refractivity contribution >= 4 is 17.1 Å². The first-order chi connectivity index (χ1) is 6.69. The summed E-state index contributed by atoms with van der Waals surface area (Å²) in [5.41, 5.74) is 5.59. The summed E-state index contributed by atoms with van der Waals surface area (Å²) in [6.07, 6.45) is 1.91. The predicted octanol–water partition coefficient (Wildman–Crippen LogP) is 2.61. The van der Waals surface area contributed by atoms with E-state index in [1.54, 1.807) is 11.3 Å². The van der Waals surface area contributed by atoms with Crippen LogP contribution in [-0.2, 0) is 0 Å². The van der Waals surface area contributed by atoms with E-state index in [2.05, 4.69) is 6.92 Å². The first-order valence-corrected chi connectivity index (χ1v) is 5.81. The van der Waals surface area contributed by atoms with Gasteiger partial charge in [0.25, 0.3) is 0 Å². The van der Waals surface area contributed by atoms with Gasteiger partial charge in [0.1, 0.15) is 0 Å². The second-order valence-electron chi connectivity index (χ2n) is 3.50. The topological polar surface area (TPSA) is 43.1 Å². The fraction of sp³-hybridized carbons (Fsp3) is 0.545. The van der Waals surface area contributed by atoms with Gasteiger partial charge in [0.15, 0.2) is 5.78 Å². The molecular formula is C11H17NOS. The van der Waals surface area contributed by atoms with Gasteiger partial charge >= 0.3 is 0 Å². The van der Waals surface area contributed by atoms with Crippen molar-refractivity contribution in [2.75, 3.05) is 6.54 Å². The number of Topliss-reactive ketones (excluding diaryl/α,β-unsaturated/α-hetero) is 1. The number of hydrogen-bond donors (Lipinski definition) is 1. The fourth-order valence-electron chi connectivity index (χ4n) is 1.47. The van der Waals surface area contributed by atoms with Crippen molar-refractivity contribution in [1.29, 1.82) is 0 Å². The van der Waals surface area contributed by atoms with Gasteiger partial charge in [-0.15, -0.1) is 11.3 Å². The van der Waals surface area contributed by atoms with Crippen LogP contribution in [0.3, 0.4) is 0 Å². The zero-order valence-electron chi connectivity index (χ0n) is 8.75. The summed E-state index contributed by atoms with van der Waals surface area (Å²) in [4.78, 5) is 13.9. The lowest BCUT2D eigenvalue weighted by molar-refractivity contribution is 0.0921. The molecule has 1 unspecified atom stereocenters. The van der Waals surface area contributed by atoms with Gasteiger partial charge in [0.05, 0.1) is 4.88 Å². The fourth-order valence-corrected chi connectivity index (χ4v) is 2.36. The molecule has 0 aliphatic carbocycles. The van der Waals surface area contributed by atoms with Gasteiger partial charge in [0.2, 0.25) is 0 Å². The molecule has 1 aromatic rings. The Hall–Kier alpha value is -0.670. The molecule has 0 amide bonds. The molecule has 0 spiro atoms. The summed E-state index contributed by atoms with van der Waals surface area (Å²) >= 11 is 1.56. The second-order valence-corrected chi connectivity index (χ2v) is 4.78. The molecule has 0 aromatic carbocycles. The van der Waals surface area contributed by atoms with Gasteiger partial charge in [-0.1, -0.05) is 13.3 Å². The minimum atomic E-state index is 0.0121. The van der Waals surface area contributed by atoms with E-state index in [9.17, 15) is 4.79 Å². The Kier molecular flexibility index (Phi) is 4.29. The third-order valence-corrected chi connectivity index (χ3v) is 3.29. The van der Waals surface area contributed by atoms with Crippen molar-refractivity contribution in [3.8, 4) is 0 Å². The van der Waals surface area contributed by atoms with E-state index >= 15 is 0 Å². The summed E-state index contributed by atoms with van der Waals surface area (Å²) in [6, 6.07) is 3.89. The van der Waals surface area contributed by atoms with Gasteiger partial charge in [-0.2, -0.15) is 0 Å². The van der Waals surface area contributed by atoms with Crippen LogP contribution in [0, 0.1) is 12.8 Å². The lowest BCUT2D eigenvalue weighted by atomic mass is 9.98. The van der Waals surface area contributed by atoms with Crippen molar-refractivity contribution in [3.05, 3.63) is 21.9 Å². The maximum atomic E-state index is 11.9. The lowest BCUT2D eigenvalue weighted by Crippen LogP contribution is -2.22. The van der Waals surface area contributed by atoms with Crippen LogP contribution >= 0.6 is 11.3 Å². The van der Waals surface area contributed by atoms with Crippen LogP contribution in [0.1, 0.15) is 34.3 Å². The molecule has 1 aromatic heterocycles. The average Bonchev–Trinajstić information content (AvgIpc) is 2.60. The normalized spacial score (nSPS) is 12.8. The smallest absolute Gasteiger partial charge is 0.177 e. The SMILES string of the molecule is CCCC(CN)C(=O)c1ccc(C)s1. The molecule has 0 saturated carbocycles. The monoisotopic (exact) mass is 211 g/mol. The number of nitrogens with two attached hydrogens (primary N) is 1. The van der Waals surface area contributed by atoms with Crippen molar-refractivity contribution < 1.29 is 4.79 Å².